The third-order valence-corrected chi connectivity index (χ3v) is 2.89. The van der Waals surface area contributed by atoms with Gasteiger partial charge in [-0.1, -0.05) is 23.0 Å². The minimum atomic E-state index is 0.555. The smallest absolute Gasteiger partial charge is 0.250 e. The third kappa shape index (κ3) is 2.24. The molecule has 0 bridgehead atoms. The zero-order chi connectivity index (χ0) is 13.9. The highest BCUT2D eigenvalue weighted by atomic mass is 15.6. The zero-order valence-corrected chi connectivity index (χ0v) is 10.8. The Hall–Kier alpha value is -3.07. The molecule has 0 aliphatic carbocycles. The Morgan fingerprint density at radius 1 is 1.10 bits per heavy atom. The number of hydrogen-bond acceptors (Lipinski definition) is 4. The van der Waals surface area contributed by atoms with E-state index in [4.69, 9.17) is 5.26 Å². The number of pyridine rings is 1. The van der Waals surface area contributed by atoms with E-state index in [2.05, 4.69) is 26.5 Å². The second kappa shape index (κ2) is 4.90. The normalized spacial score (nSPS) is 10.2. The second-order valence-electron chi connectivity index (χ2n) is 4.28. The van der Waals surface area contributed by atoms with Gasteiger partial charge in [-0.3, -0.25) is 0 Å². The first-order chi connectivity index (χ1) is 9.76. The van der Waals surface area contributed by atoms with Gasteiger partial charge in [0.15, 0.2) is 0 Å². The van der Waals surface area contributed by atoms with Crippen LogP contribution in [0.1, 0.15) is 5.56 Å². The molecule has 1 aromatic carbocycles. The van der Waals surface area contributed by atoms with Crippen LogP contribution in [-0.2, 0) is 7.05 Å². The zero-order valence-electron chi connectivity index (χ0n) is 10.8. The van der Waals surface area contributed by atoms with Crippen LogP contribution in [0, 0.1) is 11.3 Å². The first kappa shape index (κ1) is 12.0. The van der Waals surface area contributed by atoms with Crippen LogP contribution in [-0.4, -0.2) is 20.4 Å². The summed E-state index contributed by atoms with van der Waals surface area (Å²) in [6.07, 6.45) is 1.77. The first-order valence-corrected chi connectivity index (χ1v) is 6.02. The number of H-pyrrole nitrogens is 1. The summed E-state index contributed by atoms with van der Waals surface area (Å²) in [5, 5.41) is 19.7. The topological polar surface area (TPSA) is 82.1 Å². The molecule has 3 aromatic rings. The fourth-order valence-corrected chi connectivity index (χ4v) is 1.85. The molecule has 0 aliphatic rings. The van der Waals surface area contributed by atoms with E-state index in [0.29, 0.717) is 17.1 Å². The van der Waals surface area contributed by atoms with Crippen molar-refractivity contribution in [3.63, 3.8) is 0 Å². The van der Waals surface area contributed by atoms with E-state index < -0.39 is 0 Å². The molecule has 0 amide bonds. The van der Waals surface area contributed by atoms with Crippen molar-refractivity contribution < 1.29 is 4.80 Å². The number of aryl methyl sites for hydroxylation is 1. The van der Waals surface area contributed by atoms with Crippen LogP contribution in [0.15, 0.2) is 42.6 Å². The van der Waals surface area contributed by atoms with Crippen LogP contribution in [0.25, 0.3) is 22.6 Å². The molecule has 6 nitrogen and oxygen atoms in total. The van der Waals surface area contributed by atoms with Crippen LogP contribution in [0.2, 0.25) is 0 Å². The van der Waals surface area contributed by atoms with Crippen LogP contribution < -0.4 is 4.80 Å². The summed E-state index contributed by atoms with van der Waals surface area (Å²) < 4.78 is 0. The number of nitriles is 1. The number of hydrogen-bond donors (Lipinski definition) is 1. The van der Waals surface area contributed by atoms with Gasteiger partial charge in [-0.05, 0) is 34.1 Å². The molecule has 3 rings (SSSR count). The number of nitrogens with zero attached hydrogens (tertiary/aromatic N) is 5. The fourth-order valence-electron chi connectivity index (χ4n) is 1.85. The maximum Gasteiger partial charge on any atom is 0.356 e. The SMILES string of the molecule is C[n+]1nc(-c2ccc(-c3ccc(C#N)cc3)cn2)n[nH]1. The Balaban J connectivity index is 1.91. The lowest BCUT2D eigenvalue weighted by Crippen LogP contribution is -2.33. The molecule has 0 fully saturated rings. The molecular weight excluding hydrogens is 252 g/mol. The van der Waals surface area contributed by atoms with Crippen molar-refractivity contribution in [3.8, 4) is 28.7 Å². The monoisotopic (exact) mass is 263 g/mol. The van der Waals surface area contributed by atoms with Crippen molar-refractivity contribution in [1.82, 2.24) is 20.4 Å². The highest BCUT2D eigenvalue weighted by Crippen LogP contribution is 2.20. The summed E-state index contributed by atoms with van der Waals surface area (Å²) in [5.41, 5.74) is 3.35. The number of nitrogens with one attached hydrogen (secondary N) is 1. The van der Waals surface area contributed by atoms with Crippen LogP contribution in [0.5, 0.6) is 0 Å². The molecule has 96 valence electrons. The first-order valence-electron chi connectivity index (χ1n) is 6.02. The number of rotatable bonds is 2. The summed E-state index contributed by atoms with van der Waals surface area (Å²) in [5.74, 6) is 0.555. The maximum atomic E-state index is 8.78. The number of benzene rings is 1. The molecule has 2 heterocycles. The molecule has 0 aliphatic heterocycles. The summed E-state index contributed by atoms with van der Waals surface area (Å²) in [4.78, 5) is 5.88. The van der Waals surface area contributed by atoms with Crippen molar-refractivity contribution in [2.45, 2.75) is 0 Å². The van der Waals surface area contributed by atoms with E-state index in [-0.39, 0.29) is 0 Å². The highest BCUT2D eigenvalue weighted by molar-refractivity contribution is 5.65. The van der Waals surface area contributed by atoms with Gasteiger partial charge in [-0.2, -0.15) is 5.26 Å². The Labute approximate surface area is 115 Å². The van der Waals surface area contributed by atoms with Gasteiger partial charge in [0.2, 0.25) is 0 Å². The standard InChI is InChI=1S/C14H10N6/c1-20-18-14(17-19-20)13-7-6-12(9-16-13)11-4-2-10(8-15)3-5-11/h2-7,9H,1H3/p+1. The van der Waals surface area contributed by atoms with Crippen LogP contribution in [0.4, 0.5) is 0 Å². The summed E-state index contributed by atoms with van der Waals surface area (Å²) in [6, 6.07) is 13.3. The lowest BCUT2D eigenvalue weighted by Gasteiger charge is -2.01. The molecule has 20 heavy (non-hydrogen) atoms. The molecule has 0 spiro atoms. The molecule has 2 aromatic heterocycles. The molecule has 0 radical (unpaired) electrons. The average molecular weight is 263 g/mol. The second-order valence-corrected chi connectivity index (χ2v) is 4.28. The Morgan fingerprint density at radius 2 is 1.85 bits per heavy atom. The molecule has 1 N–H and O–H groups in total. The van der Waals surface area contributed by atoms with E-state index in [1.165, 1.54) is 4.80 Å². The molecule has 0 saturated carbocycles. The van der Waals surface area contributed by atoms with E-state index in [1.54, 1.807) is 25.4 Å². The number of aromatic nitrogens is 5. The minimum absolute atomic E-state index is 0.555. The summed E-state index contributed by atoms with van der Waals surface area (Å²) >= 11 is 0. The van der Waals surface area contributed by atoms with E-state index in [0.717, 1.165) is 11.1 Å². The lowest BCUT2D eigenvalue weighted by atomic mass is 10.1. The van der Waals surface area contributed by atoms with Crippen molar-refractivity contribution in [3.05, 3.63) is 48.2 Å². The summed E-state index contributed by atoms with van der Waals surface area (Å²) in [6.45, 7) is 0. The third-order valence-electron chi connectivity index (χ3n) is 2.89. The van der Waals surface area contributed by atoms with Gasteiger partial charge >= 0.3 is 5.82 Å². The fraction of sp³-hybridized carbons (Fsp3) is 0.0714. The molecular formula is C14H11N6+. The maximum absolute atomic E-state index is 8.78. The average Bonchev–Trinajstić information content (AvgIpc) is 2.94. The largest absolute Gasteiger partial charge is 0.356 e. The van der Waals surface area contributed by atoms with Gasteiger partial charge in [0.1, 0.15) is 12.7 Å². The van der Waals surface area contributed by atoms with Gasteiger partial charge in [0.25, 0.3) is 0 Å². The van der Waals surface area contributed by atoms with E-state index in [1.807, 2.05) is 24.3 Å². The van der Waals surface area contributed by atoms with E-state index in [9.17, 15) is 0 Å². The quantitative estimate of drug-likeness (QED) is 0.705. The van der Waals surface area contributed by atoms with Gasteiger partial charge in [0, 0.05) is 11.8 Å². The van der Waals surface area contributed by atoms with Gasteiger partial charge in [0.05, 0.1) is 16.7 Å². The van der Waals surface area contributed by atoms with Gasteiger partial charge in [-0.15, -0.1) is 0 Å². The lowest BCUT2D eigenvalue weighted by molar-refractivity contribution is -0.783. The predicted octanol–water partition coefficient (Wildman–Crippen LogP) is 1.23. The molecule has 0 saturated heterocycles. The van der Waals surface area contributed by atoms with Gasteiger partial charge in [-0.25, -0.2) is 4.98 Å². The van der Waals surface area contributed by atoms with Crippen LogP contribution >= 0.6 is 0 Å². The molecule has 0 unspecified atom stereocenters. The number of tetrazole rings is 1. The van der Waals surface area contributed by atoms with Crippen LogP contribution in [0.3, 0.4) is 0 Å². The number of aromatic amines is 1. The van der Waals surface area contributed by atoms with E-state index >= 15 is 0 Å². The molecule has 6 heteroatoms. The Morgan fingerprint density at radius 3 is 2.40 bits per heavy atom. The van der Waals surface area contributed by atoms with Crippen molar-refractivity contribution in [2.24, 2.45) is 7.05 Å². The van der Waals surface area contributed by atoms with Gasteiger partial charge < -0.3 is 0 Å². The molecule has 0 atom stereocenters. The minimum Gasteiger partial charge on any atom is -0.250 e. The van der Waals surface area contributed by atoms with Crippen molar-refractivity contribution in [1.29, 1.82) is 5.26 Å². The Bertz CT molecular complexity index is 765. The Kier molecular flexibility index (Phi) is 2.94. The van der Waals surface area contributed by atoms with Crippen molar-refractivity contribution in [2.75, 3.05) is 0 Å². The summed E-state index contributed by atoms with van der Waals surface area (Å²) in [7, 11) is 1.77. The highest BCUT2D eigenvalue weighted by Gasteiger charge is 2.13. The van der Waals surface area contributed by atoms with Crippen molar-refractivity contribution >= 4 is 0 Å². The predicted molar refractivity (Wildman–Crippen MR) is 70.9 cm³/mol.